The lowest BCUT2D eigenvalue weighted by molar-refractivity contribution is -0.173. The number of hydrogen-bond donors (Lipinski definition) is 3. The summed E-state index contributed by atoms with van der Waals surface area (Å²) in [5.74, 6) is -5.41. The van der Waals surface area contributed by atoms with Crippen LogP contribution in [-0.4, -0.2) is 72.3 Å². The van der Waals surface area contributed by atoms with E-state index < -0.39 is 47.8 Å². The van der Waals surface area contributed by atoms with Crippen LogP contribution in [0.3, 0.4) is 0 Å². The van der Waals surface area contributed by atoms with Crippen molar-refractivity contribution in [3.05, 3.63) is 53.6 Å². The number of ether oxygens (including phenoxy) is 3. The molecule has 0 aromatic heterocycles. The van der Waals surface area contributed by atoms with Crippen LogP contribution in [0.1, 0.15) is 110 Å². The first-order valence-electron chi connectivity index (χ1n) is 17.3. The number of unbranched alkanes of at least 4 members (excludes halogenated alkanes) is 8. The van der Waals surface area contributed by atoms with Gasteiger partial charge in [0.15, 0.2) is 5.60 Å². The van der Waals surface area contributed by atoms with Crippen LogP contribution in [0.5, 0.6) is 5.75 Å². The number of carbonyl (C=O) groups is 5. The first kappa shape index (κ1) is 43.0. The lowest BCUT2D eigenvalue weighted by atomic mass is 9.82. The standard InChI is InChI=1S/C38H57NO10/c1-6-7-8-11-14-17-30(40)18-15-12-9-10-13-16-19-32(38(46,37(44)45)27-34(41)47-4)35(42)39-33(36(43)48-5)26-29-20-22-31(23-21-29)49-25-24-28(2)3/h16,19-24,32-33,46H,6-15,17-18,25-27H2,1-5H3,(H,39,42)(H,44,45)/b19-16+/t32-,33+,38+/m1/s1. The number of rotatable bonds is 26. The number of benzene rings is 1. The van der Waals surface area contributed by atoms with E-state index in [2.05, 4.69) is 17.0 Å². The summed E-state index contributed by atoms with van der Waals surface area (Å²) >= 11 is 0. The molecular formula is C38H57NO10. The van der Waals surface area contributed by atoms with Crippen LogP contribution in [0.2, 0.25) is 0 Å². The molecule has 1 aromatic carbocycles. The number of aliphatic carboxylic acids is 1. The molecule has 0 spiro atoms. The van der Waals surface area contributed by atoms with Crippen LogP contribution in [0.4, 0.5) is 0 Å². The van der Waals surface area contributed by atoms with Crippen molar-refractivity contribution < 1.29 is 48.4 Å². The maximum Gasteiger partial charge on any atom is 0.337 e. The van der Waals surface area contributed by atoms with E-state index >= 15 is 0 Å². The van der Waals surface area contributed by atoms with Crippen LogP contribution in [0.25, 0.3) is 0 Å². The lowest BCUT2D eigenvalue weighted by Gasteiger charge is -2.30. The van der Waals surface area contributed by atoms with Gasteiger partial charge in [-0.2, -0.15) is 0 Å². The quantitative estimate of drug-likeness (QED) is 0.0593. The topological polar surface area (TPSA) is 166 Å². The number of ketones is 1. The van der Waals surface area contributed by atoms with Crippen molar-refractivity contribution in [3.8, 4) is 5.75 Å². The Morgan fingerprint density at radius 2 is 1.49 bits per heavy atom. The van der Waals surface area contributed by atoms with Crippen LogP contribution in [-0.2, 0) is 39.9 Å². The molecule has 0 aliphatic heterocycles. The zero-order valence-electron chi connectivity index (χ0n) is 30.0. The summed E-state index contributed by atoms with van der Waals surface area (Å²) in [5, 5.41) is 23.7. The highest BCUT2D eigenvalue weighted by Crippen LogP contribution is 2.26. The van der Waals surface area contributed by atoms with E-state index in [0.717, 1.165) is 51.9 Å². The molecule has 274 valence electrons. The zero-order valence-corrected chi connectivity index (χ0v) is 30.0. The number of carbonyl (C=O) groups excluding carboxylic acids is 4. The van der Waals surface area contributed by atoms with E-state index in [1.165, 1.54) is 25.3 Å². The fourth-order valence-corrected chi connectivity index (χ4v) is 5.15. The molecule has 1 amide bonds. The molecule has 11 nitrogen and oxygen atoms in total. The number of carboxylic acid groups (broad SMARTS) is 1. The van der Waals surface area contributed by atoms with Crippen molar-refractivity contribution in [1.29, 1.82) is 0 Å². The van der Waals surface area contributed by atoms with Gasteiger partial charge in [-0.15, -0.1) is 0 Å². The minimum Gasteiger partial charge on any atom is -0.490 e. The third-order valence-electron chi connectivity index (χ3n) is 8.18. The van der Waals surface area contributed by atoms with Gasteiger partial charge in [0, 0.05) is 19.3 Å². The van der Waals surface area contributed by atoms with E-state index in [1.807, 2.05) is 19.9 Å². The monoisotopic (exact) mass is 687 g/mol. The number of amides is 1. The Kier molecular flexibility index (Phi) is 21.2. The van der Waals surface area contributed by atoms with Crippen LogP contribution in [0, 0.1) is 5.92 Å². The highest BCUT2D eigenvalue weighted by atomic mass is 16.5. The largest absolute Gasteiger partial charge is 0.490 e. The van der Waals surface area contributed by atoms with Gasteiger partial charge in [0.25, 0.3) is 0 Å². The maximum atomic E-state index is 13.6. The minimum atomic E-state index is -2.85. The van der Waals surface area contributed by atoms with Gasteiger partial charge in [-0.3, -0.25) is 14.4 Å². The highest BCUT2D eigenvalue weighted by molar-refractivity contribution is 5.95. The number of nitrogens with one attached hydrogen (secondary N) is 1. The van der Waals surface area contributed by atoms with Gasteiger partial charge in [0.05, 0.1) is 26.6 Å². The van der Waals surface area contributed by atoms with Gasteiger partial charge in [0.1, 0.15) is 24.2 Å². The normalized spacial score (nSPS) is 13.5. The summed E-state index contributed by atoms with van der Waals surface area (Å²) < 4.78 is 15.2. The summed E-state index contributed by atoms with van der Waals surface area (Å²) in [5.41, 5.74) is -1.07. The molecule has 0 unspecified atom stereocenters. The van der Waals surface area contributed by atoms with E-state index in [0.29, 0.717) is 43.6 Å². The smallest absolute Gasteiger partial charge is 0.337 e. The van der Waals surface area contributed by atoms with Crippen LogP contribution >= 0.6 is 0 Å². The summed E-state index contributed by atoms with van der Waals surface area (Å²) in [6, 6.07) is 5.69. The minimum absolute atomic E-state index is 0.00690. The van der Waals surface area contributed by atoms with Gasteiger partial charge < -0.3 is 29.7 Å². The molecule has 0 fully saturated rings. The SMILES string of the molecule is CCCCCCCC(=O)CCCCCC/C=C/[C@H](C(=O)N[C@@H](Cc1ccc(OCC=C(C)C)cc1)C(=O)OC)[C@@](O)(CC(=O)OC)C(=O)O. The van der Waals surface area contributed by atoms with E-state index in [9.17, 15) is 34.2 Å². The van der Waals surface area contributed by atoms with E-state index in [4.69, 9.17) is 9.47 Å². The Labute approximate surface area is 291 Å². The van der Waals surface area contributed by atoms with Crippen molar-refractivity contribution in [2.45, 2.75) is 122 Å². The summed E-state index contributed by atoms with van der Waals surface area (Å²) in [7, 11) is 2.20. The zero-order chi connectivity index (χ0) is 36.7. The molecular weight excluding hydrogens is 630 g/mol. The van der Waals surface area contributed by atoms with Gasteiger partial charge in [-0.05, 0) is 63.3 Å². The van der Waals surface area contributed by atoms with Crippen molar-refractivity contribution in [1.82, 2.24) is 5.32 Å². The lowest BCUT2D eigenvalue weighted by Crippen LogP contribution is -2.55. The van der Waals surface area contributed by atoms with Crippen LogP contribution < -0.4 is 10.1 Å². The average molecular weight is 688 g/mol. The molecule has 1 rings (SSSR count). The molecule has 3 atom stereocenters. The second-order valence-electron chi connectivity index (χ2n) is 12.6. The summed E-state index contributed by atoms with van der Waals surface area (Å²) in [4.78, 5) is 62.8. The van der Waals surface area contributed by atoms with Crippen LogP contribution in [0.15, 0.2) is 48.1 Å². The van der Waals surface area contributed by atoms with Gasteiger partial charge in [-0.25, -0.2) is 9.59 Å². The predicted octanol–water partition coefficient (Wildman–Crippen LogP) is 6.05. The third-order valence-corrected chi connectivity index (χ3v) is 8.18. The molecule has 49 heavy (non-hydrogen) atoms. The Morgan fingerprint density at radius 1 is 0.878 bits per heavy atom. The molecule has 0 saturated heterocycles. The molecule has 0 aliphatic rings. The third kappa shape index (κ3) is 17.3. The first-order chi connectivity index (χ1) is 23.4. The number of esters is 2. The molecule has 11 heteroatoms. The fourth-order valence-electron chi connectivity index (χ4n) is 5.15. The molecule has 0 aliphatic carbocycles. The maximum absolute atomic E-state index is 13.6. The number of methoxy groups -OCH3 is 2. The molecule has 0 bridgehead atoms. The molecule has 0 heterocycles. The van der Waals surface area contributed by atoms with E-state index in [1.54, 1.807) is 30.3 Å². The van der Waals surface area contributed by atoms with Gasteiger partial charge in [0.2, 0.25) is 5.91 Å². The molecule has 1 aromatic rings. The second-order valence-corrected chi connectivity index (χ2v) is 12.6. The summed E-state index contributed by atoms with van der Waals surface area (Å²) in [6.07, 6.45) is 14.2. The van der Waals surface area contributed by atoms with Crippen molar-refractivity contribution in [3.63, 3.8) is 0 Å². The Bertz CT molecular complexity index is 1240. The Balaban J connectivity index is 2.94. The number of allylic oxidation sites excluding steroid dienone is 2. The molecule has 0 saturated carbocycles. The Morgan fingerprint density at radius 3 is 2.04 bits per heavy atom. The van der Waals surface area contributed by atoms with Crippen molar-refractivity contribution in [2.75, 3.05) is 20.8 Å². The number of hydrogen-bond acceptors (Lipinski definition) is 9. The predicted molar refractivity (Wildman–Crippen MR) is 187 cm³/mol. The number of Topliss-reactive ketones (excluding diaryl/α,β-unsaturated/α-hetero) is 1. The Hall–Kier alpha value is -3.99. The number of aliphatic hydroxyl groups is 1. The first-order valence-corrected chi connectivity index (χ1v) is 17.3. The highest BCUT2D eigenvalue weighted by Gasteiger charge is 2.49. The average Bonchev–Trinajstić information content (AvgIpc) is 3.07. The molecule has 0 radical (unpaired) electrons. The van der Waals surface area contributed by atoms with E-state index in [-0.39, 0.29) is 12.2 Å². The second kappa shape index (κ2) is 24.2. The van der Waals surface area contributed by atoms with Crippen molar-refractivity contribution in [2.24, 2.45) is 5.92 Å². The number of carboxylic acids is 1. The van der Waals surface area contributed by atoms with Crippen molar-refractivity contribution >= 4 is 29.6 Å². The summed E-state index contributed by atoms with van der Waals surface area (Å²) in [6.45, 7) is 6.49. The van der Waals surface area contributed by atoms with Gasteiger partial charge in [-0.1, -0.05) is 75.3 Å². The fraction of sp³-hybridized carbons (Fsp3) is 0.605. The molecule has 3 N–H and O–H groups in total. The van der Waals surface area contributed by atoms with Gasteiger partial charge >= 0.3 is 17.9 Å².